The van der Waals surface area contributed by atoms with Gasteiger partial charge in [-0.05, 0) is 43.1 Å². The van der Waals surface area contributed by atoms with Crippen LogP contribution in [0.25, 0.3) is 0 Å². The van der Waals surface area contributed by atoms with E-state index in [9.17, 15) is 0 Å². The lowest BCUT2D eigenvalue weighted by atomic mass is 9.93. The monoisotopic (exact) mass is 292 g/mol. The number of rotatable bonds is 4. The lowest BCUT2D eigenvalue weighted by Crippen LogP contribution is -2.14. The molecule has 20 heavy (non-hydrogen) atoms. The summed E-state index contributed by atoms with van der Waals surface area (Å²) in [6, 6.07) is 6.89. The van der Waals surface area contributed by atoms with E-state index >= 15 is 0 Å². The summed E-state index contributed by atoms with van der Waals surface area (Å²) in [6.07, 6.45) is 2.07. The molecule has 0 saturated heterocycles. The van der Waals surface area contributed by atoms with E-state index in [2.05, 4.69) is 76.3 Å². The van der Waals surface area contributed by atoms with E-state index < -0.39 is 0 Å². The van der Waals surface area contributed by atoms with Gasteiger partial charge in [-0.3, -0.25) is 4.99 Å². The lowest BCUT2D eigenvalue weighted by molar-refractivity contribution is 0.833. The third-order valence-corrected chi connectivity index (χ3v) is 3.77. The molecule has 1 aromatic rings. The fourth-order valence-electron chi connectivity index (χ4n) is 2.17. The summed E-state index contributed by atoms with van der Waals surface area (Å²) in [5.41, 5.74) is 3.97. The van der Waals surface area contributed by atoms with Crippen molar-refractivity contribution in [3.05, 3.63) is 29.3 Å². The largest absolute Gasteiger partial charge is 0.335 e. The van der Waals surface area contributed by atoms with Crippen LogP contribution in [0.1, 0.15) is 64.5 Å². The second-order valence-electron chi connectivity index (χ2n) is 5.98. The third-order valence-electron chi connectivity index (χ3n) is 3.17. The third kappa shape index (κ3) is 4.55. The Hall–Kier alpha value is -0.960. The fourth-order valence-corrected chi connectivity index (χ4v) is 2.69. The van der Waals surface area contributed by atoms with Gasteiger partial charge in [0.25, 0.3) is 0 Å². The second kappa shape index (κ2) is 7.72. The van der Waals surface area contributed by atoms with Crippen molar-refractivity contribution in [2.24, 2.45) is 4.99 Å². The Morgan fingerprint density at radius 3 is 1.85 bits per heavy atom. The van der Waals surface area contributed by atoms with Gasteiger partial charge < -0.3 is 5.32 Å². The smallest absolute Gasteiger partial charge is 0.161 e. The summed E-state index contributed by atoms with van der Waals surface area (Å²) in [5.74, 6) is 0.997. The molecule has 1 rings (SSSR count). The van der Waals surface area contributed by atoms with Crippen LogP contribution in [0.4, 0.5) is 5.69 Å². The molecular formula is C17H28N2S. The number of nitrogens with one attached hydrogen (secondary N) is 1. The van der Waals surface area contributed by atoms with Crippen molar-refractivity contribution >= 4 is 22.6 Å². The van der Waals surface area contributed by atoms with Crippen molar-refractivity contribution in [1.29, 1.82) is 0 Å². The van der Waals surface area contributed by atoms with Crippen LogP contribution in [-0.4, -0.2) is 17.5 Å². The topological polar surface area (TPSA) is 24.4 Å². The summed E-state index contributed by atoms with van der Waals surface area (Å²) in [5, 5.41) is 4.57. The average molecular weight is 292 g/mol. The molecule has 0 fully saturated rings. The Kier molecular flexibility index (Phi) is 6.60. The lowest BCUT2D eigenvalue weighted by Gasteiger charge is -2.21. The molecule has 0 aromatic heterocycles. The Bertz CT molecular complexity index is 436. The number of para-hydroxylation sites is 1. The van der Waals surface area contributed by atoms with Crippen LogP contribution < -0.4 is 5.32 Å². The minimum atomic E-state index is 0.304. The molecule has 0 heterocycles. The number of benzene rings is 1. The average Bonchev–Trinajstić information content (AvgIpc) is 2.36. The molecule has 1 N–H and O–H groups in total. The first-order chi connectivity index (χ1) is 9.36. The molecule has 0 aliphatic heterocycles. The van der Waals surface area contributed by atoms with Gasteiger partial charge in [0.1, 0.15) is 0 Å². The molecule has 2 nitrogen and oxygen atoms in total. The van der Waals surface area contributed by atoms with Crippen molar-refractivity contribution in [2.45, 2.75) is 59.4 Å². The zero-order valence-electron chi connectivity index (χ0n) is 13.8. The minimum absolute atomic E-state index is 0.304. The predicted molar refractivity (Wildman–Crippen MR) is 94.3 cm³/mol. The van der Waals surface area contributed by atoms with Crippen LogP contribution in [0.2, 0.25) is 0 Å². The fraction of sp³-hybridized carbons (Fsp3) is 0.588. The predicted octanol–water partition coefficient (Wildman–Crippen LogP) is 5.47. The highest BCUT2D eigenvalue weighted by atomic mass is 32.2. The summed E-state index contributed by atoms with van der Waals surface area (Å²) < 4.78 is 0. The molecule has 0 spiro atoms. The molecule has 0 aliphatic rings. The summed E-state index contributed by atoms with van der Waals surface area (Å²) >= 11 is 1.67. The minimum Gasteiger partial charge on any atom is -0.335 e. The summed E-state index contributed by atoms with van der Waals surface area (Å²) in [7, 11) is 0. The molecule has 0 saturated carbocycles. The van der Waals surface area contributed by atoms with Gasteiger partial charge in [0, 0.05) is 11.7 Å². The van der Waals surface area contributed by atoms with Crippen molar-refractivity contribution in [3.8, 4) is 0 Å². The van der Waals surface area contributed by atoms with E-state index in [4.69, 9.17) is 0 Å². The maximum Gasteiger partial charge on any atom is 0.161 e. The van der Waals surface area contributed by atoms with Gasteiger partial charge in [0.2, 0.25) is 0 Å². The summed E-state index contributed by atoms with van der Waals surface area (Å²) in [6.45, 7) is 13.2. The van der Waals surface area contributed by atoms with Crippen LogP contribution in [0.15, 0.2) is 23.2 Å². The number of hydrogen-bond donors (Lipinski definition) is 1. The molecule has 0 unspecified atom stereocenters. The van der Waals surface area contributed by atoms with E-state index in [1.165, 1.54) is 16.8 Å². The van der Waals surface area contributed by atoms with Crippen LogP contribution >= 0.6 is 11.8 Å². The van der Waals surface area contributed by atoms with Gasteiger partial charge in [-0.2, -0.15) is 0 Å². The molecule has 0 aliphatic carbocycles. The van der Waals surface area contributed by atoms with E-state index in [0.29, 0.717) is 17.9 Å². The number of hydrogen-bond acceptors (Lipinski definition) is 2. The Morgan fingerprint density at radius 1 is 1.00 bits per heavy atom. The highest BCUT2D eigenvalue weighted by Crippen LogP contribution is 2.32. The zero-order valence-corrected chi connectivity index (χ0v) is 14.6. The van der Waals surface area contributed by atoms with Crippen molar-refractivity contribution in [2.75, 3.05) is 11.6 Å². The number of anilines is 1. The Morgan fingerprint density at radius 2 is 1.50 bits per heavy atom. The molecular weight excluding hydrogens is 264 g/mol. The number of thioether (sulfide) groups is 1. The molecule has 0 atom stereocenters. The quantitative estimate of drug-likeness (QED) is 0.587. The molecule has 1 aromatic carbocycles. The summed E-state index contributed by atoms with van der Waals surface area (Å²) in [4.78, 5) is 4.66. The Labute approximate surface area is 128 Å². The second-order valence-corrected chi connectivity index (χ2v) is 6.77. The van der Waals surface area contributed by atoms with Gasteiger partial charge in [-0.25, -0.2) is 0 Å². The maximum absolute atomic E-state index is 4.66. The van der Waals surface area contributed by atoms with Gasteiger partial charge in [-0.15, -0.1) is 0 Å². The van der Waals surface area contributed by atoms with Crippen LogP contribution in [0.5, 0.6) is 0 Å². The molecule has 0 bridgehead atoms. The molecule has 0 radical (unpaired) electrons. The van der Waals surface area contributed by atoms with Gasteiger partial charge in [0.05, 0.1) is 0 Å². The first-order valence-corrected chi connectivity index (χ1v) is 8.60. The van der Waals surface area contributed by atoms with Gasteiger partial charge in [0.15, 0.2) is 5.17 Å². The van der Waals surface area contributed by atoms with Crippen LogP contribution in [0, 0.1) is 0 Å². The van der Waals surface area contributed by atoms with Gasteiger partial charge >= 0.3 is 0 Å². The van der Waals surface area contributed by atoms with Crippen molar-refractivity contribution < 1.29 is 0 Å². The SMILES string of the molecule is CSC(=NC(C)C)Nc1c(C(C)C)cccc1C(C)C. The van der Waals surface area contributed by atoms with Crippen LogP contribution in [-0.2, 0) is 0 Å². The zero-order chi connectivity index (χ0) is 15.3. The van der Waals surface area contributed by atoms with E-state index in [0.717, 1.165) is 5.17 Å². The molecule has 3 heteroatoms. The number of amidine groups is 1. The van der Waals surface area contributed by atoms with E-state index in [-0.39, 0.29) is 0 Å². The van der Waals surface area contributed by atoms with E-state index in [1.807, 2.05) is 0 Å². The maximum atomic E-state index is 4.66. The molecule has 0 amide bonds. The highest BCUT2D eigenvalue weighted by molar-refractivity contribution is 8.13. The normalized spacial score (nSPS) is 12.6. The van der Waals surface area contributed by atoms with Crippen molar-refractivity contribution in [1.82, 2.24) is 0 Å². The number of aliphatic imine (C=N–C) groups is 1. The first-order valence-electron chi connectivity index (χ1n) is 7.38. The Balaban J connectivity index is 3.26. The van der Waals surface area contributed by atoms with E-state index in [1.54, 1.807) is 11.8 Å². The number of nitrogens with zero attached hydrogens (tertiary/aromatic N) is 1. The molecule has 112 valence electrons. The van der Waals surface area contributed by atoms with Gasteiger partial charge in [-0.1, -0.05) is 57.7 Å². The first kappa shape index (κ1) is 17.1. The van der Waals surface area contributed by atoms with Crippen molar-refractivity contribution in [3.63, 3.8) is 0 Å². The van der Waals surface area contributed by atoms with Crippen LogP contribution in [0.3, 0.4) is 0 Å². The highest BCUT2D eigenvalue weighted by Gasteiger charge is 2.15. The standard InChI is InChI=1S/C17H28N2S/c1-11(2)14-9-8-10-15(12(3)4)16(14)19-17(20-7)18-13(5)6/h8-13H,1-7H3,(H,18,19).